The first kappa shape index (κ1) is 13.1. The zero-order valence-electron chi connectivity index (χ0n) is 11.9. The van der Waals surface area contributed by atoms with E-state index in [0.717, 1.165) is 41.9 Å². The van der Waals surface area contributed by atoms with Gasteiger partial charge in [0.05, 0.1) is 11.0 Å². The molecule has 0 saturated heterocycles. The molecule has 1 aromatic heterocycles. The number of benzene rings is 1. The summed E-state index contributed by atoms with van der Waals surface area (Å²) in [6, 6.07) is 9.71. The molecule has 4 rings (SSSR count). The second-order valence-electron chi connectivity index (χ2n) is 5.94. The molecular weight excluding hydrogens is 280 g/mol. The number of carbonyl (C=O) groups excluding carboxylic acids is 1. The fraction of sp³-hybridized carbons (Fsp3) is 0.389. The highest BCUT2D eigenvalue weighted by molar-refractivity contribution is 7.14. The van der Waals surface area contributed by atoms with Crippen molar-refractivity contribution in [3.63, 3.8) is 0 Å². The van der Waals surface area contributed by atoms with E-state index in [1.807, 2.05) is 24.3 Å². The summed E-state index contributed by atoms with van der Waals surface area (Å²) in [6.07, 6.45) is 7.49. The maximum absolute atomic E-state index is 12.6. The van der Waals surface area contributed by atoms with Gasteiger partial charge in [-0.1, -0.05) is 0 Å². The third-order valence-electron chi connectivity index (χ3n) is 4.16. The van der Waals surface area contributed by atoms with Crippen LogP contribution in [-0.2, 0) is 12.8 Å². The number of rotatable bonds is 4. The fourth-order valence-electron chi connectivity index (χ4n) is 2.81. The van der Waals surface area contributed by atoms with E-state index in [2.05, 4.69) is 6.07 Å². The second kappa shape index (κ2) is 5.30. The molecule has 0 atom stereocenters. The molecule has 2 aromatic rings. The summed E-state index contributed by atoms with van der Waals surface area (Å²) in [7, 11) is 0. The lowest BCUT2D eigenvalue weighted by molar-refractivity contribution is 0.104. The van der Waals surface area contributed by atoms with Crippen LogP contribution < -0.4 is 4.74 Å². The van der Waals surface area contributed by atoms with Gasteiger partial charge in [-0.25, -0.2) is 0 Å². The maximum Gasteiger partial charge on any atom is 0.202 e. The van der Waals surface area contributed by atoms with E-state index < -0.39 is 0 Å². The average Bonchev–Trinajstić information content (AvgIpc) is 3.22. The molecule has 2 nitrogen and oxygen atoms in total. The first-order valence-corrected chi connectivity index (χ1v) is 8.54. The van der Waals surface area contributed by atoms with E-state index in [1.165, 1.54) is 23.3 Å². The van der Waals surface area contributed by atoms with E-state index in [9.17, 15) is 4.79 Å². The van der Waals surface area contributed by atoms with Gasteiger partial charge >= 0.3 is 0 Å². The summed E-state index contributed by atoms with van der Waals surface area (Å²) in [6.45, 7) is 0. The molecule has 1 aromatic carbocycles. The lowest BCUT2D eigenvalue weighted by Gasteiger charge is -2.08. The van der Waals surface area contributed by atoms with Crippen LogP contribution in [0.2, 0.25) is 0 Å². The van der Waals surface area contributed by atoms with Crippen molar-refractivity contribution in [3.8, 4) is 5.75 Å². The SMILES string of the molecule is O=C(c1ccc(OC2CC2)cc1)c1cc2c(s1)CCCC2. The van der Waals surface area contributed by atoms with Gasteiger partial charge in [0.25, 0.3) is 0 Å². The average molecular weight is 298 g/mol. The minimum absolute atomic E-state index is 0.146. The van der Waals surface area contributed by atoms with Crippen LogP contribution in [0.15, 0.2) is 30.3 Å². The van der Waals surface area contributed by atoms with Gasteiger partial charge in [-0.2, -0.15) is 0 Å². The van der Waals surface area contributed by atoms with Gasteiger partial charge in [0.2, 0.25) is 5.78 Å². The highest BCUT2D eigenvalue weighted by atomic mass is 32.1. The quantitative estimate of drug-likeness (QED) is 0.782. The van der Waals surface area contributed by atoms with Crippen molar-refractivity contribution in [2.45, 2.75) is 44.6 Å². The van der Waals surface area contributed by atoms with Crippen molar-refractivity contribution < 1.29 is 9.53 Å². The minimum Gasteiger partial charge on any atom is -0.490 e. The van der Waals surface area contributed by atoms with E-state index in [4.69, 9.17) is 4.74 Å². The Kier molecular flexibility index (Phi) is 3.30. The number of thiophene rings is 1. The topological polar surface area (TPSA) is 26.3 Å². The Balaban J connectivity index is 1.54. The van der Waals surface area contributed by atoms with Gasteiger partial charge < -0.3 is 4.74 Å². The first-order chi connectivity index (χ1) is 10.3. The maximum atomic E-state index is 12.6. The highest BCUT2D eigenvalue weighted by Crippen LogP contribution is 2.31. The normalized spacial score (nSPS) is 17.3. The Morgan fingerprint density at radius 1 is 1.10 bits per heavy atom. The van der Waals surface area contributed by atoms with E-state index in [-0.39, 0.29) is 5.78 Å². The molecule has 0 spiro atoms. The Hall–Kier alpha value is -1.61. The summed E-state index contributed by atoms with van der Waals surface area (Å²) in [4.78, 5) is 14.9. The summed E-state index contributed by atoms with van der Waals surface area (Å²) >= 11 is 1.68. The molecule has 0 N–H and O–H groups in total. The molecule has 0 aliphatic heterocycles. The van der Waals surface area contributed by atoms with Crippen LogP contribution in [0, 0.1) is 0 Å². The van der Waals surface area contributed by atoms with Crippen LogP contribution in [0.25, 0.3) is 0 Å². The molecule has 21 heavy (non-hydrogen) atoms. The lowest BCUT2D eigenvalue weighted by atomic mass is 9.98. The zero-order chi connectivity index (χ0) is 14.2. The molecule has 1 heterocycles. The molecule has 0 bridgehead atoms. The number of carbonyl (C=O) groups is 1. The summed E-state index contributed by atoms with van der Waals surface area (Å²) in [5, 5.41) is 0. The lowest BCUT2D eigenvalue weighted by Crippen LogP contribution is -2.00. The number of aryl methyl sites for hydroxylation is 2. The van der Waals surface area contributed by atoms with Crippen LogP contribution in [0.3, 0.4) is 0 Å². The van der Waals surface area contributed by atoms with E-state index in [1.54, 1.807) is 11.3 Å². The molecule has 3 heteroatoms. The minimum atomic E-state index is 0.146. The van der Waals surface area contributed by atoms with Gasteiger partial charge in [0.1, 0.15) is 5.75 Å². The highest BCUT2D eigenvalue weighted by Gasteiger charge is 2.23. The van der Waals surface area contributed by atoms with Crippen LogP contribution in [0.5, 0.6) is 5.75 Å². The van der Waals surface area contributed by atoms with Crippen molar-refractivity contribution in [2.75, 3.05) is 0 Å². The largest absolute Gasteiger partial charge is 0.490 e. The number of fused-ring (bicyclic) bond motifs is 1. The van der Waals surface area contributed by atoms with E-state index in [0.29, 0.717) is 6.10 Å². The van der Waals surface area contributed by atoms with Crippen LogP contribution in [0.1, 0.15) is 51.4 Å². The molecule has 0 amide bonds. The van der Waals surface area contributed by atoms with Crippen molar-refractivity contribution >= 4 is 17.1 Å². The standard InChI is InChI=1S/C18H18O2S/c19-18(17-11-13-3-1-2-4-16(13)21-17)12-5-7-14(8-6-12)20-15-9-10-15/h5-8,11,15H,1-4,9-10H2. The third kappa shape index (κ3) is 2.75. The molecule has 1 fully saturated rings. The van der Waals surface area contributed by atoms with Crippen LogP contribution in [0.4, 0.5) is 0 Å². The Morgan fingerprint density at radius 3 is 2.57 bits per heavy atom. The smallest absolute Gasteiger partial charge is 0.202 e. The molecule has 2 aliphatic rings. The van der Waals surface area contributed by atoms with Crippen molar-refractivity contribution in [2.24, 2.45) is 0 Å². The molecule has 2 aliphatic carbocycles. The number of ether oxygens (including phenoxy) is 1. The molecule has 0 unspecified atom stereocenters. The summed E-state index contributed by atoms with van der Waals surface area (Å²) in [5.74, 6) is 1.02. The summed E-state index contributed by atoms with van der Waals surface area (Å²) in [5.41, 5.74) is 2.15. The third-order valence-corrected chi connectivity index (χ3v) is 5.40. The monoisotopic (exact) mass is 298 g/mol. The van der Waals surface area contributed by atoms with E-state index >= 15 is 0 Å². The van der Waals surface area contributed by atoms with Crippen molar-refractivity contribution in [3.05, 3.63) is 51.2 Å². The molecule has 108 valence electrons. The fourth-order valence-corrected chi connectivity index (χ4v) is 4.02. The van der Waals surface area contributed by atoms with Crippen LogP contribution >= 0.6 is 11.3 Å². The molecule has 0 radical (unpaired) electrons. The number of hydrogen-bond acceptors (Lipinski definition) is 3. The number of hydrogen-bond donors (Lipinski definition) is 0. The predicted octanol–water partition coefficient (Wildman–Crippen LogP) is 4.40. The van der Waals surface area contributed by atoms with Crippen molar-refractivity contribution in [1.29, 1.82) is 0 Å². The predicted molar refractivity (Wildman–Crippen MR) is 84.5 cm³/mol. The van der Waals surface area contributed by atoms with Gasteiger partial charge in [-0.05, 0) is 74.4 Å². The Labute approximate surface area is 128 Å². The zero-order valence-corrected chi connectivity index (χ0v) is 12.7. The van der Waals surface area contributed by atoms with Gasteiger partial charge in [0.15, 0.2) is 0 Å². The molecule has 1 saturated carbocycles. The van der Waals surface area contributed by atoms with Gasteiger partial charge in [-0.15, -0.1) is 11.3 Å². The van der Waals surface area contributed by atoms with Crippen LogP contribution in [-0.4, -0.2) is 11.9 Å². The van der Waals surface area contributed by atoms with Crippen molar-refractivity contribution in [1.82, 2.24) is 0 Å². The Bertz CT molecular complexity index is 642. The first-order valence-electron chi connectivity index (χ1n) is 7.72. The summed E-state index contributed by atoms with van der Waals surface area (Å²) < 4.78 is 5.72. The molecular formula is C18H18O2S. The van der Waals surface area contributed by atoms with Gasteiger partial charge in [-0.3, -0.25) is 4.79 Å². The second-order valence-corrected chi connectivity index (χ2v) is 7.07. The number of ketones is 1. The Morgan fingerprint density at radius 2 is 1.86 bits per heavy atom. The van der Waals surface area contributed by atoms with Gasteiger partial charge in [0, 0.05) is 10.4 Å².